The van der Waals surface area contributed by atoms with Crippen LogP contribution in [-0.4, -0.2) is 54.8 Å². The van der Waals surface area contributed by atoms with Crippen LogP contribution in [0.4, 0.5) is 0 Å². The Hall–Kier alpha value is -1.11. The average molecular weight is 302 g/mol. The fraction of sp³-hybridized carbons (Fsp3) is 0.846. The number of carbonyl (C=O) groups is 2. The minimum atomic E-state index is -3.08. The van der Waals surface area contributed by atoms with Crippen LogP contribution in [0.15, 0.2) is 0 Å². The zero-order valence-corrected chi connectivity index (χ0v) is 12.9. The Labute approximate surface area is 119 Å². The molecule has 20 heavy (non-hydrogen) atoms. The molecular weight excluding hydrogens is 280 g/mol. The highest BCUT2D eigenvalue weighted by molar-refractivity contribution is 7.91. The normalized spacial score (nSPS) is 33.6. The lowest BCUT2D eigenvalue weighted by atomic mass is 9.95. The third-order valence-electron chi connectivity index (χ3n) is 4.11. The molecule has 7 heteroatoms. The van der Waals surface area contributed by atoms with E-state index in [1.165, 1.54) is 4.90 Å². The minimum Gasteiger partial charge on any atom is -0.342 e. The summed E-state index contributed by atoms with van der Waals surface area (Å²) in [5.74, 6) is -0.243. The summed E-state index contributed by atoms with van der Waals surface area (Å²) in [6.07, 6.45) is 0.932. The topological polar surface area (TPSA) is 83.6 Å². The molecule has 6 nitrogen and oxygen atoms in total. The third-order valence-corrected chi connectivity index (χ3v) is 5.86. The van der Waals surface area contributed by atoms with Crippen molar-refractivity contribution in [3.8, 4) is 0 Å². The highest BCUT2D eigenvalue weighted by Gasteiger charge is 2.46. The monoisotopic (exact) mass is 302 g/mol. The first-order chi connectivity index (χ1) is 9.26. The maximum absolute atomic E-state index is 12.6. The molecule has 0 saturated carbocycles. The van der Waals surface area contributed by atoms with Crippen molar-refractivity contribution in [1.29, 1.82) is 0 Å². The zero-order chi connectivity index (χ0) is 15.1. The van der Waals surface area contributed by atoms with Gasteiger partial charge in [0.25, 0.3) is 0 Å². The molecule has 1 N–H and O–H groups in total. The van der Waals surface area contributed by atoms with Crippen LogP contribution < -0.4 is 5.32 Å². The van der Waals surface area contributed by atoms with Gasteiger partial charge in [0.2, 0.25) is 11.8 Å². The lowest BCUT2D eigenvalue weighted by molar-refractivity contribution is -0.153. The number of hydrogen-bond acceptors (Lipinski definition) is 4. The molecule has 3 atom stereocenters. The van der Waals surface area contributed by atoms with Crippen molar-refractivity contribution in [3.05, 3.63) is 0 Å². The Morgan fingerprint density at radius 3 is 2.45 bits per heavy atom. The fourth-order valence-electron chi connectivity index (χ4n) is 3.01. The van der Waals surface area contributed by atoms with Crippen molar-refractivity contribution in [2.75, 3.05) is 11.5 Å². The smallest absolute Gasteiger partial charge is 0.246 e. The second kappa shape index (κ2) is 5.35. The minimum absolute atomic E-state index is 0.00948. The Kier molecular flexibility index (Phi) is 4.09. The molecule has 0 aliphatic carbocycles. The molecule has 2 rings (SSSR count). The van der Waals surface area contributed by atoms with Crippen molar-refractivity contribution in [2.24, 2.45) is 5.92 Å². The van der Waals surface area contributed by atoms with E-state index in [-0.39, 0.29) is 35.3 Å². The summed E-state index contributed by atoms with van der Waals surface area (Å²) < 4.78 is 23.3. The first-order valence-electron chi connectivity index (χ1n) is 7.09. The van der Waals surface area contributed by atoms with Gasteiger partial charge in [0, 0.05) is 6.04 Å². The lowest BCUT2D eigenvalue weighted by Crippen LogP contribution is -2.67. The summed E-state index contributed by atoms with van der Waals surface area (Å²) in [6.45, 7) is 5.58. The highest BCUT2D eigenvalue weighted by atomic mass is 32.2. The number of nitrogens with one attached hydrogen (secondary N) is 1. The van der Waals surface area contributed by atoms with Crippen LogP contribution in [0.5, 0.6) is 0 Å². The van der Waals surface area contributed by atoms with E-state index in [0.29, 0.717) is 12.8 Å². The van der Waals surface area contributed by atoms with E-state index in [1.54, 1.807) is 0 Å². The summed E-state index contributed by atoms with van der Waals surface area (Å²) in [5.41, 5.74) is 0. The van der Waals surface area contributed by atoms with Crippen molar-refractivity contribution in [1.82, 2.24) is 10.2 Å². The van der Waals surface area contributed by atoms with Crippen LogP contribution in [0, 0.1) is 5.92 Å². The second-order valence-electron chi connectivity index (χ2n) is 5.96. The summed E-state index contributed by atoms with van der Waals surface area (Å²) in [7, 11) is -3.08. The molecule has 0 aromatic heterocycles. The highest BCUT2D eigenvalue weighted by Crippen LogP contribution is 2.26. The summed E-state index contributed by atoms with van der Waals surface area (Å²) in [5, 5.41) is 2.76. The molecule has 2 fully saturated rings. The number of piperazine rings is 1. The van der Waals surface area contributed by atoms with Gasteiger partial charge in [-0.2, -0.15) is 0 Å². The van der Waals surface area contributed by atoms with Crippen molar-refractivity contribution in [2.45, 2.75) is 51.7 Å². The van der Waals surface area contributed by atoms with Crippen LogP contribution in [0.25, 0.3) is 0 Å². The van der Waals surface area contributed by atoms with Crippen LogP contribution in [0.1, 0.15) is 33.6 Å². The third kappa shape index (κ3) is 2.68. The molecule has 2 saturated heterocycles. The number of rotatable bonds is 3. The Bertz CT molecular complexity index is 514. The average Bonchev–Trinajstić information content (AvgIpc) is 2.70. The lowest BCUT2D eigenvalue weighted by Gasteiger charge is -2.42. The van der Waals surface area contributed by atoms with E-state index >= 15 is 0 Å². The van der Waals surface area contributed by atoms with E-state index in [4.69, 9.17) is 0 Å². The van der Waals surface area contributed by atoms with E-state index in [1.807, 2.05) is 20.8 Å². The molecule has 0 aromatic rings. The maximum atomic E-state index is 12.6. The van der Waals surface area contributed by atoms with Gasteiger partial charge in [-0.15, -0.1) is 0 Å². The second-order valence-corrected chi connectivity index (χ2v) is 8.19. The standard InChI is InChI=1S/C13H22N2O4S/c1-4-10-12(16)14-11(8(2)3)13(17)15(10)9-5-6-20(18,19)7-9/h8-11H,4-7H2,1-3H3,(H,14,16). The van der Waals surface area contributed by atoms with E-state index in [9.17, 15) is 18.0 Å². The Balaban J connectivity index is 2.30. The molecule has 2 aliphatic heterocycles. The van der Waals surface area contributed by atoms with E-state index in [2.05, 4.69) is 5.32 Å². The summed E-state index contributed by atoms with van der Waals surface area (Å²) in [4.78, 5) is 26.3. The van der Waals surface area contributed by atoms with Crippen LogP contribution in [0.2, 0.25) is 0 Å². The quantitative estimate of drug-likeness (QED) is 0.791. The van der Waals surface area contributed by atoms with Crippen LogP contribution in [-0.2, 0) is 19.4 Å². The van der Waals surface area contributed by atoms with Gasteiger partial charge in [-0.1, -0.05) is 20.8 Å². The molecule has 2 amide bonds. The number of hydrogen-bond donors (Lipinski definition) is 1. The number of nitrogens with zero attached hydrogens (tertiary/aromatic N) is 1. The van der Waals surface area contributed by atoms with Gasteiger partial charge in [0.05, 0.1) is 11.5 Å². The van der Waals surface area contributed by atoms with Crippen LogP contribution in [0.3, 0.4) is 0 Å². The molecular formula is C13H22N2O4S. The predicted molar refractivity (Wildman–Crippen MR) is 74.8 cm³/mol. The van der Waals surface area contributed by atoms with Gasteiger partial charge >= 0.3 is 0 Å². The summed E-state index contributed by atoms with van der Waals surface area (Å²) >= 11 is 0. The number of amides is 2. The van der Waals surface area contributed by atoms with Crippen molar-refractivity contribution in [3.63, 3.8) is 0 Å². The molecule has 0 spiro atoms. The van der Waals surface area contributed by atoms with Gasteiger partial charge in [0.15, 0.2) is 9.84 Å². The van der Waals surface area contributed by atoms with Gasteiger partial charge in [-0.25, -0.2) is 8.42 Å². The molecule has 3 unspecified atom stereocenters. The maximum Gasteiger partial charge on any atom is 0.246 e. The first-order valence-corrected chi connectivity index (χ1v) is 8.92. The number of sulfone groups is 1. The Morgan fingerprint density at radius 2 is 2.00 bits per heavy atom. The zero-order valence-electron chi connectivity index (χ0n) is 12.1. The first kappa shape index (κ1) is 15.3. The van der Waals surface area contributed by atoms with Crippen molar-refractivity contribution >= 4 is 21.7 Å². The van der Waals surface area contributed by atoms with Crippen molar-refractivity contribution < 1.29 is 18.0 Å². The predicted octanol–water partition coefficient (Wildman–Crippen LogP) is -0.0649. The molecule has 0 radical (unpaired) electrons. The molecule has 0 aromatic carbocycles. The largest absolute Gasteiger partial charge is 0.342 e. The number of carbonyl (C=O) groups excluding carboxylic acids is 2. The van der Waals surface area contributed by atoms with Gasteiger partial charge < -0.3 is 10.2 Å². The van der Waals surface area contributed by atoms with Gasteiger partial charge in [-0.3, -0.25) is 9.59 Å². The van der Waals surface area contributed by atoms with E-state index in [0.717, 1.165) is 0 Å². The molecule has 2 heterocycles. The molecule has 0 bridgehead atoms. The van der Waals surface area contributed by atoms with Crippen LogP contribution >= 0.6 is 0 Å². The molecule has 2 aliphatic rings. The Morgan fingerprint density at radius 1 is 1.35 bits per heavy atom. The van der Waals surface area contributed by atoms with E-state index < -0.39 is 21.9 Å². The molecule has 114 valence electrons. The van der Waals surface area contributed by atoms with Gasteiger partial charge in [-0.05, 0) is 18.8 Å². The van der Waals surface area contributed by atoms with Gasteiger partial charge in [0.1, 0.15) is 12.1 Å². The summed E-state index contributed by atoms with van der Waals surface area (Å²) in [6, 6.07) is -1.45. The SMILES string of the molecule is CCC1C(=O)NC(C(C)C)C(=O)N1C1CCS(=O)(=O)C1. The fourth-order valence-corrected chi connectivity index (χ4v) is 4.73.